The van der Waals surface area contributed by atoms with Crippen LogP contribution in [0.4, 0.5) is 0 Å². The zero-order valence-corrected chi connectivity index (χ0v) is 43.3. The number of nitrogens with one attached hydrogen (secondary N) is 1. The maximum Gasteiger partial charge on any atom is 0.306 e. The van der Waals surface area contributed by atoms with Crippen LogP contribution < -0.4 is 5.32 Å². The fourth-order valence-electron chi connectivity index (χ4n) is 8.03. The molecule has 66 heavy (non-hydrogen) atoms. The molecule has 1 amide bonds. The molecule has 0 spiro atoms. The van der Waals surface area contributed by atoms with Crippen molar-refractivity contribution in [2.24, 2.45) is 0 Å². The van der Waals surface area contributed by atoms with E-state index in [1.165, 1.54) is 128 Å². The average Bonchev–Trinajstić information content (AvgIpc) is 3.31. The van der Waals surface area contributed by atoms with Gasteiger partial charge in [-0.15, -0.1) is 0 Å². The Balaban J connectivity index is 4.72. The fourth-order valence-corrected chi connectivity index (χ4v) is 8.03. The van der Waals surface area contributed by atoms with Crippen molar-refractivity contribution in [2.45, 2.75) is 277 Å². The van der Waals surface area contributed by atoms with Gasteiger partial charge in [0.25, 0.3) is 0 Å². The molecule has 380 valence electrons. The maximum absolute atomic E-state index is 13.2. The third-order valence-corrected chi connectivity index (χ3v) is 12.2. The molecule has 0 fully saturated rings. The van der Waals surface area contributed by atoms with Gasteiger partial charge in [-0.2, -0.15) is 0 Å². The number of aliphatic hydroxyl groups excluding tert-OH is 2. The van der Waals surface area contributed by atoms with E-state index in [1.807, 2.05) is 12.2 Å². The number of esters is 1. The molecule has 0 rings (SSSR count). The minimum atomic E-state index is -0.821. The number of hydrogen-bond donors (Lipinski definition) is 3. The summed E-state index contributed by atoms with van der Waals surface area (Å²) in [5.41, 5.74) is 0. The molecule has 0 saturated heterocycles. The minimum Gasteiger partial charge on any atom is -0.461 e. The van der Waals surface area contributed by atoms with Crippen LogP contribution in [0.5, 0.6) is 0 Å². The molecule has 3 N–H and O–H groups in total. The minimum absolute atomic E-state index is 0.0143. The quantitative estimate of drug-likeness (QED) is 0.0245. The zero-order chi connectivity index (χ0) is 48.1. The van der Waals surface area contributed by atoms with Crippen molar-refractivity contribution in [1.82, 2.24) is 5.32 Å². The standard InChI is InChI=1S/C60H105NO5/c1-4-7-10-13-16-19-22-25-28-31-34-37-40-43-46-49-52-58(63)57(55-62)61-59(64)54-56(51-48-45-42-39-36-33-30-27-24-21-18-15-12-9-6-3)66-60(65)53-50-47-44-41-38-35-32-29-26-23-20-17-14-11-8-5-2/h9,12,18,21,27,29-30,32,35-36,38-39,45,48,56-58,62-63H,4-8,10-11,13-17,19-20,22-26,28,31,33-34,37,40-44,46-47,49-55H2,1-3H3,(H,61,64)/b12-9-,21-18-,30-27-,32-29+,38-35+,39-36-,48-45-. The number of amides is 1. The van der Waals surface area contributed by atoms with Gasteiger partial charge >= 0.3 is 5.97 Å². The number of aliphatic hydroxyl groups is 2. The van der Waals surface area contributed by atoms with Gasteiger partial charge in [0, 0.05) is 12.8 Å². The zero-order valence-electron chi connectivity index (χ0n) is 43.3. The van der Waals surface area contributed by atoms with Crippen molar-refractivity contribution in [2.75, 3.05) is 6.61 Å². The summed E-state index contributed by atoms with van der Waals surface area (Å²) in [5.74, 6) is -0.611. The molecule has 0 bridgehead atoms. The highest BCUT2D eigenvalue weighted by Gasteiger charge is 2.23. The smallest absolute Gasteiger partial charge is 0.306 e. The van der Waals surface area contributed by atoms with Gasteiger partial charge in [0.05, 0.1) is 25.2 Å². The van der Waals surface area contributed by atoms with Crippen molar-refractivity contribution in [3.8, 4) is 0 Å². The summed E-state index contributed by atoms with van der Waals surface area (Å²) in [4.78, 5) is 26.2. The van der Waals surface area contributed by atoms with Crippen LogP contribution in [0.1, 0.15) is 258 Å². The summed E-state index contributed by atoms with van der Waals surface area (Å²) in [5, 5.41) is 23.8. The first-order valence-electron chi connectivity index (χ1n) is 27.8. The number of rotatable bonds is 49. The normalized spacial score (nSPS) is 13.8. The summed E-state index contributed by atoms with van der Waals surface area (Å²) in [6, 6.07) is -0.742. The van der Waals surface area contributed by atoms with E-state index >= 15 is 0 Å². The van der Waals surface area contributed by atoms with Crippen molar-refractivity contribution in [1.29, 1.82) is 0 Å². The van der Waals surface area contributed by atoms with Gasteiger partial charge < -0.3 is 20.3 Å². The molecule has 3 atom stereocenters. The van der Waals surface area contributed by atoms with Crippen molar-refractivity contribution < 1.29 is 24.5 Å². The second-order valence-corrected chi connectivity index (χ2v) is 18.6. The Kier molecular flexibility index (Phi) is 50.6. The summed E-state index contributed by atoms with van der Waals surface area (Å²) >= 11 is 0. The molecule has 0 radical (unpaired) electrons. The highest BCUT2D eigenvalue weighted by molar-refractivity contribution is 5.77. The van der Waals surface area contributed by atoms with Crippen LogP contribution in [0.3, 0.4) is 0 Å². The van der Waals surface area contributed by atoms with Crippen LogP contribution in [0.2, 0.25) is 0 Å². The maximum atomic E-state index is 13.2. The number of unbranched alkanes of at least 4 members (excludes halogenated alkanes) is 25. The van der Waals surface area contributed by atoms with Gasteiger partial charge in [-0.3, -0.25) is 9.59 Å². The van der Waals surface area contributed by atoms with E-state index in [4.69, 9.17) is 4.74 Å². The van der Waals surface area contributed by atoms with E-state index in [1.54, 1.807) is 0 Å². The van der Waals surface area contributed by atoms with Gasteiger partial charge in [0.2, 0.25) is 5.91 Å². The van der Waals surface area contributed by atoms with E-state index in [9.17, 15) is 19.8 Å². The number of carbonyl (C=O) groups is 2. The molecular formula is C60H105NO5. The van der Waals surface area contributed by atoms with Crippen LogP contribution in [0.15, 0.2) is 85.1 Å². The van der Waals surface area contributed by atoms with Crippen LogP contribution >= 0.6 is 0 Å². The highest BCUT2D eigenvalue weighted by atomic mass is 16.5. The van der Waals surface area contributed by atoms with E-state index < -0.39 is 18.2 Å². The molecule has 6 nitrogen and oxygen atoms in total. The molecule has 0 heterocycles. The molecule has 3 unspecified atom stereocenters. The number of hydrogen-bond acceptors (Lipinski definition) is 5. The third-order valence-electron chi connectivity index (χ3n) is 12.2. The molecule has 0 aliphatic carbocycles. The Bertz CT molecular complexity index is 1260. The van der Waals surface area contributed by atoms with Crippen molar-refractivity contribution >= 4 is 11.9 Å². The number of allylic oxidation sites excluding steroid dienone is 13. The summed E-state index contributed by atoms with van der Waals surface area (Å²) in [6.07, 6.45) is 69.5. The van der Waals surface area contributed by atoms with Gasteiger partial charge in [0.1, 0.15) is 6.10 Å². The average molecular weight is 921 g/mol. The fraction of sp³-hybridized carbons (Fsp3) is 0.733. The molecule has 0 aromatic carbocycles. The summed E-state index contributed by atoms with van der Waals surface area (Å²) in [6.45, 7) is 6.34. The molecule has 0 aliphatic heterocycles. The van der Waals surface area contributed by atoms with E-state index in [0.717, 1.165) is 83.5 Å². The van der Waals surface area contributed by atoms with Crippen LogP contribution in [0.25, 0.3) is 0 Å². The Morgan fingerprint density at radius 1 is 0.485 bits per heavy atom. The van der Waals surface area contributed by atoms with E-state index in [2.05, 4.69) is 99.0 Å². The Hall–Kier alpha value is -2.96. The number of carbonyl (C=O) groups excluding carboxylic acids is 2. The third kappa shape index (κ3) is 47.5. The van der Waals surface area contributed by atoms with Crippen LogP contribution in [-0.4, -0.2) is 46.9 Å². The van der Waals surface area contributed by atoms with Crippen molar-refractivity contribution in [3.63, 3.8) is 0 Å². The van der Waals surface area contributed by atoms with Gasteiger partial charge in [-0.05, 0) is 70.6 Å². The molecule has 0 aromatic heterocycles. The topological polar surface area (TPSA) is 95.9 Å². The monoisotopic (exact) mass is 920 g/mol. The Morgan fingerprint density at radius 3 is 1.32 bits per heavy atom. The molecule has 6 heteroatoms. The SMILES string of the molecule is CC/C=C\C/C=C\C/C=C\C/C=C\C/C=C\CC(CC(=O)NC(CO)C(O)CCCCCCCCCCCCCCCCCC)OC(=O)CCCCC/C=C/C=C/CCCCCCCCC. The largest absolute Gasteiger partial charge is 0.461 e. The summed E-state index contributed by atoms with van der Waals surface area (Å²) < 4.78 is 5.87. The Morgan fingerprint density at radius 2 is 0.879 bits per heavy atom. The lowest BCUT2D eigenvalue weighted by Gasteiger charge is -2.24. The highest BCUT2D eigenvalue weighted by Crippen LogP contribution is 2.16. The first-order valence-corrected chi connectivity index (χ1v) is 27.8. The molecule has 0 aromatic rings. The molecule has 0 saturated carbocycles. The predicted octanol–water partition coefficient (Wildman–Crippen LogP) is 17.1. The van der Waals surface area contributed by atoms with Gasteiger partial charge in [-0.1, -0.05) is 254 Å². The second kappa shape index (κ2) is 53.0. The molecule has 0 aliphatic rings. The van der Waals surface area contributed by atoms with E-state index in [-0.39, 0.29) is 24.9 Å². The molecular weight excluding hydrogens is 815 g/mol. The first kappa shape index (κ1) is 63.0. The van der Waals surface area contributed by atoms with E-state index in [0.29, 0.717) is 19.3 Å². The van der Waals surface area contributed by atoms with Gasteiger partial charge in [0.15, 0.2) is 0 Å². The lowest BCUT2D eigenvalue weighted by atomic mass is 10.0. The van der Waals surface area contributed by atoms with Crippen LogP contribution in [-0.2, 0) is 14.3 Å². The Labute approximate surface area is 408 Å². The first-order chi connectivity index (χ1) is 32.5. The summed E-state index contributed by atoms with van der Waals surface area (Å²) in [7, 11) is 0. The second-order valence-electron chi connectivity index (χ2n) is 18.6. The predicted molar refractivity (Wildman–Crippen MR) is 287 cm³/mol. The van der Waals surface area contributed by atoms with Crippen LogP contribution in [0, 0.1) is 0 Å². The number of ether oxygens (including phenoxy) is 1. The van der Waals surface area contributed by atoms with Gasteiger partial charge in [-0.25, -0.2) is 0 Å². The van der Waals surface area contributed by atoms with Crippen molar-refractivity contribution in [3.05, 3.63) is 85.1 Å². The lowest BCUT2D eigenvalue weighted by Crippen LogP contribution is -2.46. The lowest BCUT2D eigenvalue weighted by molar-refractivity contribution is -0.150.